The standard InChI is InChI=1S/C13H9NO5/c14-12(16)4-2-7-1-3-10-8(5-7)9(15)6-11(19-10)13(17)18/h1-6H,(H2,14,16)(H,17,18). The molecule has 0 aliphatic heterocycles. The van der Waals surface area contributed by atoms with Crippen molar-refractivity contribution in [2.45, 2.75) is 0 Å². The third-order valence-electron chi connectivity index (χ3n) is 2.40. The highest BCUT2D eigenvalue weighted by molar-refractivity contribution is 5.91. The maximum absolute atomic E-state index is 11.8. The highest BCUT2D eigenvalue weighted by Crippen LogP contribution is 2.15. The van der Waals surface area contributed by atoms with Gasteiger partial charge in [-0.3, -0.25) is 9.59 Å². The number of aromatic carboxylic acids is 1. The molecule has 0 unspecified atom stereocenters. The van der Waals surface area contributed by atoms with Gasteiger partial charge in [-0.2, -0.15) is 0 Å². The fourth-order valence-electron chi connectivity index (χ4n) is 1.56. The molecule has 1 aromatic carbocycles. The predicted octanol–water partition coefficient (Wildman–Crippen LogP) is 0.990. The maximum atomic E-state index is 11.8. The van der Waals surface area contributed by atoms with Crippen molar-refractivity contribution in [3.8, 4) is 0 Å². The first-order valence-corrected chi connectivity index (χ1v) is 5.26. The molecule has 0 aliphatic carbocycles. The Hall–Kier alpha value is -2.89. The number of fused-ring (bicyclic) bond motifs is 1. The van der Waals surface area contributed by atoms with E-state index in [1.807, 2.05) is 0 Å². The topological polar surface area (TPSA) is 111 Å². The molecular formula is C13H9NO5. The van der Waals surface area contributed by atoms with Gasteiger partial charge in [0.1, 0.15) is 5.58 Å². The third-order valence-corrected chi connectivity index (χ3v) is 2.40. The molecule has 0 saturated heterocycles. The van der Waals surface area contributed by atoms with Crippen LogP contribution in [0.1, 0.15) is 16.1 Å². The second-order valence-electron chi connectivity index (χ2n) is 3.77. The smallest absolute Gasteiger partial charge is 0.371 e. The third kappa shape index (κ3) is 2.68. The van der Waals surface area contributed by atoms with Crippen molar-refractivity contribution >= 4 is 28.9 Å². The number of carboxylic acids is 1. The molecule has 1 aromatic heterocycles. The van der Waals surface area contributed by atoms with E-state index < -0.39 is 23.1 Å². The molecule has 0 atom stereocenters. The molecule has 0 fully saturated rings. The highest BCUT2D eigenvalue weighted by atomic mass is 16.4. The molecule has 2 aromatic rings. The number of hydrogen-bond donors (Lipinski definition) is 2. The molecule has 0 bridgehead atoms. The predicted molar refractivity (Wildman–Crippen MR) is 67.7 cm³/mol. The average Bonchev–Trinajstić information content (AvgIpc) is 2.36. The van der Waals surface area contributed by atoms with Gasteiger partial charge in [0, 0.05) is 12.1 Å². The van der Waals surface area contributed by atoms with E-state index in [2.05, 4.69) is 0 Å². The molecule has 0 saturated carbocycles. The number of benzene rings is 1. The Balaban J connectivity index is 2.59. The van der Waals surface area contributed by atoms with E-state index in [0.29, 0.717) is 5.56 Å². The summed E-state index contributed by atoms with van der Waals surface area (Å²) in [6.45, 7) is 0. The molecule has 1 amide bonds. The van der Waals surface area contributed by atoms with Gasteiger partial charge in [-0.05, 0) is 23.8 Å². The number of hydrogen-bond acceptors (Lipinski definition) is 4. The van der Waals surface area contributed by atoms with Crippen LogP contribution in [0.2, 0.25) is 0 Å². The molecule has 2 rings (SSSR count). The molecule has 0 radical (unpaired) electrons. The van der Waals surface area contributed by atoms with Crippen LogP contribution >= 0.6 is 0 Å². The second-order valence-corrected chi connectivity index (χ2v) is 3.77. The Morgan fingerprint density at radius 2 is 2.00 bits per heavy atom. The first-order chi connectivity index (χ1) is 8.97. The van der Waals surface area contributed by atoms with Gasteiger partial charge >= 0.3 is 5.97 Å². The van der Waals surface area contributed by atoms with Crippen molar-refractivity contribution in [2.75, 3.05) is 0 Å². The summed E-state index contributed by atoms with van der Waals surface area (Å²) in [5.74, 6) is -2.33. The number of rotatable bonds is 3. The fraction of sp³-hybridized carbons (Fsp3) is 0. The van der Waals surface area contributed by atoms with Crippen LogP contribution < -0.4 is 11.2 Å². The van der Waals surface area contributed by atoms with Crippen LogP contribution in [-0.2, 0) is 4.79 Å². The summed E-state index contributed by atoms with van der Waals surface area (Å²) in [6, 6.07) is 5.44. The van der Waals surface area contributed by atoms with Crippen molar-refractivity contribution in [1.29, 1.82) is 0 Å². The lowest BCUT2D eigenvalue weighted by molar-refractivity contribution is -0.113. The summed E-state index contributed by atoms with van der Waals surface area (Å²) >= 11 is 0. The average molecular weight is 259 g/mol. The second kappa shape index (κ2) is 4.77. The van der Waals surface area contributed by atoms with Gasteiger partial charge < -0.3 is 15.3 Å². The summed E-state index contributed by atoms with van der Waals surface area (Å²) in [5.41, 5.74) is 5.25. The number of nitrogens with two attached hydrogens (primary N) is 1. The van der Waals surface area contributed by atoms with Crippen molar-refractivity contribution in [2.24, 2.45) is 5.73 Å². The van der Waals surface area contributed by atoms with Gasteiger partial charge in [-0.15, -0.1) is 0 Å². The molecule has 19 heavy (non-hydrogen) atoms. The van der Waals surface area contributed by atoms with Crippen molar-refractivity contribution in [3.63, 3.8) is 0 Å². The molecule has 96 valence electrons. The Bertz CT molecular complexity index is 757. The van der Waals surface area contributed by atoms with Crippen molar-refractivity contribution in [3.05, 3.63) is 51.9 Å². The van der Waals surface area contributed by atoms with Crippen LogP contribution in [-0.4, -0.2) is 17.0 Å². The number of carbonyl (C=O) groups is 2. The summed E-state index contributed by atoms with van der Waals surface area (Å²) in [7, 11) is 0. The van der Waals surface area contributed by atoms with Crippen LogP contribution in [0.25, 0.3) is 17.0 Å². The largest absolute Gasteiger partial charge is 0.475 e. The quantitative estimate of drug-likeness (QED) is 0.798. The van der Waals surface area contributed by atoms with E-state index in [1.165, 1.54) is 18.2 Å². The summed E-state index contributed by atoms with van der Waals surface area (Å²) in [6.07, 6.45) is 2.61. The minimum Gasteiger partial charge on any atom is -0.475 e. The van der Waals surface area contributed by atoms with Crippen LogP contribution in [0.3, 0.4) is 0 Å². The first-order valence-electron chi connectivity index (χ1n) is 5.26. The zero-order valence-electron chi connectivity index (χ0n) is 9.62. The molecular weight excluding hydrogens is 250 g/mol. The van der Waals surface area contributed by atoms with Gasteiger partial charge in [0.2, 0.25) is 11.7 Å². The van der Waals surface area contributed by atoms with Crippen molar-refractivity contribution in [1.82, 2.24) is 0 Å². The Morgan fingerprint density at radius 1 is 1.26 bits per heavy atom. The summed E-state index contributed by atoms with van der Waals surface area (Å²) in [5, 5.41) is 9.01. The Morgan fingerprint density at radius 3 is 2.63 bits per heavy atom. The van der Waals surface area contributed by atoms with E-state index in [4.69, 9.17) is 15.3 Å². The van der Waals surface area contributed by atoms with Crippen LogP contribution in [0.5, 0.6) is 0 Å². The minimum atomic E-state index is -1.31. The maximum Gasteiger partial charge on any atom is 0.371 e. The summed E-state index contributed by atoms with van der Waals surface area (Å²) < 4.78 is 5.07. The lowest BCUT2D eigenvalue weighted by atomic mass is 10.1. The lowest BCUT2D eigenvalue weighted by Crippen LogP contribution is -2.06. The van der Waals surface area contributed by atoms with E-state index >= 15 is 0 Å². The minimum absolute atomic E-state index is 0.168. The zero-order valence-corrected chi connectivity index (χ0v) is 9.62. The number of primary amides is 1. The Kier molecular flexibility index (Phi) is 3.15. The highest BCUT2D eigenvalue weighted by Gasteiger charge is 2.10. The first kappa shape index (κ1) is 12.6. The van der Waals surface area contributed by atoms with E-state index in [1.54, 1.807) is 6.07 Å². The molecule has 6 nitrogen and oxygen atoms in total. The molecule has 3 N–H and O–H groups in total. The number of carbonyl (C=O) groups excluding carboxylic acids is 1. The van der Waals surface area contributed by atoms with Gasteiger partial charge in [0.25, 0.3) is 0 Å². The number of amides is 1. The van der Waals surface area contributed by atoms with Crippen LogP contribution in [0.15, 0.2) is 39.6 Å². The molecule has 0 aliphatic rings. The van der Waals surface area contributed by atoms with Gasteiger partial charge in [0.15, 0.2) is 5.43 Å². The molecule has 1 heterocycles. The van der Waals surface area contributed by atoms with Crippen LogP contribution in [0.4, 0.5) is 0 Å². The van der Waals surface area contributed by atoms with E-state index in [9.17, 15) is 14.4 Å². The van der Waals surface area contributed by atoms with Gasteiger partial charge in [-0.25, -0.2) is 4.79 Å². The van der Waals surface area contributed by atoms with E-state index in [-0.39, 0.29) is 11.0 Å². The van der Waals surface area contributed by atoms with Gasteiger partial charge in [-0.1, -0.05) is 6.07 Å². The molecule has 0 spiro atoms. The molecule has 6 heteroatoms. The Labute approximate surface area is 106 Å². The van der Waals surface area contributed by atoms with Gasteiger partial charge in [0.05, 0.1) is 5.39 Å². The normalized spacial score (nSPS) is 10.9. The van der Waals surface area contributed by atoms with E-state index in [0.717, 1.165) is 12.1 Å². The summed E-state index contributed by atoms with van der Waals surface area (Å²) in [4.78, 5) is 33.1. The van der Waals surface area contributed by atoms with Crippen LogP contribution in [0, 0.1) is 0 Å². The lowest BCUT2D eigenvalue weighted by Gasteiger charge is -2.00. The van der Waals surface area contributed by atoms with Crippen molar-refractivity contribution < 1.29 is 19.1 Å². The monoisotopic (exact) mass is 259 g/mol. The number of carboxylic acid groups (broad SMARTS) is 1. The SMILES string of the molecule is NC(=O)C=Cc1ccc2oc(C(=O)O)cc(=O)c2c1. The zero-order chi connectivity index (χ0) is 14.0. The fourth-order valence-corrected chi connectivity index (χ4v) is 1.56.